The Bertz CT molecular complexity index is 655. The highest BCUT2D eigenvalue weighted by Crippen LogP contribution is 2.33. The van der Waals surface area contributed by atoms with Gasteiger partial charge in [0.25, 0.3) is 0 Å². The van der Waals surface area contributed by atoms with Gasteiger partial charge in [0.05, 0.1) is 18.8 Å². The van der Waals surface area contributed by atoms with Crippen molar-refractivity contribution in [3.63, 3.8) is 0 Å². The Morgan fingerprint density at radius 3 is 2.62 bits per heavy atom. The summed E-state index contributed by atoms with van der Waals surface area (Å²) in [6, 6.07) is 4.77. The minimum Gasteiger partial charge on any atom is -0.475 e. The third kappa shape index (κ3) is 6.94. The summed E-state index contributed by atoms with van der Waals surface area (Å²) in [5.74, 6) is -1.91. The first kappa shape index (κ1) is 22.0. The first-order valence-electron chi connectivity index (χ1n) is 9.99. The zero-order valence-corrected chi connectivity index (χ0v) is 16.2. The van der Waals surface area contributed by atoms with Crippen LogP contribution in [0.25, 0.3) is 0 Å². The Kier molecular flexibility index (Phi) is 7.48. The molecule has 2 saturated heterocycles. The summed E-state index contributed by atoms with van der Waals surface area (Å²) >= 11 is 0. The van der Waals surface area contributed by atoms with Crippen molar-refractivity contribution in [3.8, 4) is 0 Å². The average Bonchev–Trinajstić information content (AvgIpc) is 3.43. The Morgan fingerprint density at radius 2 is 2.00 bits per heavy atom. The maximum Gasteiger partial charge on any atom is 0.490 e. The monoisotopic (exact) mass is 416 g/mol. The van der Waals surface area contributed by atoms with Crippen LogP contribution >= 0.6 is 0 Å². The number of carbonyl (C=O) groups is 1. The quantitative estimate of drug-likeness (QED) is 0.768. The van der Waals surface area contributed by atoms with E-state index in [1.165, 1.54) is 24.8 Å². The highest BCUT2D eigenvalue weighted by atomic mass is 19.4. The molecule has 4 rings (SSSR count). The van der Waals surface area contributed by atoms with Crippen molar-refractivity contribution in [1.82, 2.24) is 9.88 Å². The molecule has 1 aliphatic carbocycles. The highest BCUT2D eigenvalue weighted by Gasteiger charge is 2.40. The van der Waals surface area contributed by atoms with Gasteiger partial charge in [-0.2, -0.15) is 13.2 Å². The number of pyridine rings is 1. The van der Waals surface area contributed by atoms with Crippen LogP contribution in [0, 0.1) is 5.92 Å². The Hall–Kier alpha value is -1.71. The molecule has 3 fully saturated rings. The molecule has 0 unspecified atom stereocenters. The van der Waals surface area contributed by atoms with Gasteiger partial charge in [-0.1, -0.05) is 6.07 Å². The van der Waals surface area contributed by atoms with E-state index in [4.69, 9.17) is 19.4 Å². The lowest BCUT2D eigenvalue weighted by Gasteiger charge is -2.36. The number of likely N-dealkylation sites (tertiary alicyclic amines) is 1. The van der Waals surface area contributed by atoms with Gasteiger partial charge in [0.2, 0.25) is 0 Å². The fourth-order valence-corrected chi connectivity index (χ4v) is 3.78. The van der Waals surface area contributed by atoms with Gasteiger partial charge in [-0.05, 0) is 49.7 Å². The third-order valence-electron chi connectivity index (χ3n) is 5.46. The molecule has 2 aliphatic heterocycles. The maximum absolute atomic E-state index is 10.6. The molecule has 1 saturated carbocycles. The molecule has 6 nitrogen and oxygen atoms in total. The molecule has 3 heterocycles. The number of nitrogens with zero attached hydrogens (tertiary/aromatic N) is 2. The maximum atomic E-state index is 10.6. The van der Waals surface area contributed by atoms with E-state index in [-0.39, 0.29) is 0 Å². The predicted molar refractivity (Wildman–Crippen MR) is 98.2 cm³/mol. The predicted octanol–water partition coefficient (Wildman–Crippen LogP) is 3.26. The number of alkyl halides is 3. The first-order chi connectivity index (χ1) is 13.8. The van der Waals surface area contributed by atoms with E-state index in [9.17, 15) is 13.2 Å². The van der Waals surface area contributed by atoms with Gasteiger partial charge < -0.3 is 14.6 Å². The lowest BCUT2D eigenvalue weighted by Crippen LogP contribution is -2.43. The van der Waals surface area contributed by atoms with Gasteiger partial charge in [0, 0.05) is 38.1 Å². The molecule has 0 spiro atoms. The van der Waals surface area contributed by atoms with Gasteiger partial charge in [-0.3, -0.25) is 9.88 Å². The molecule has 3 atom stereocenters. The van der Waals surface area contributed by atoms with E-state index in [0.29, 0.717) is 18.2 Å². The minimum atomic E-state index is -5.08. The van der Waals surface area contributed by atoms with Gasteiger partial charge in [0.1, 0.15) is 0 Å². The van der Waals surface area contributed by atoms with Crippen molar-refractivity contribution >= 4 is 5.97 Å². The molecular formula is C20H27F3N2O4. The van der Waals surface area contributed by atoms with Crippen LogP contribution in [0.2, 0.25) is 0 Å². The van der Waals surface area contributed by atoms with Crippen molar-refractivity contribution in [2.75, 3.05) is 19.8 Å². The summed E-state index contributed by atoms with van der Waals surface area (Å²) in [6.07, 6.45) is 5.71. The first-order valence-corrected chi connectivity index (χ1v) is 9.99. The molecule has 3 aliphatic rings. The van der Waals surface area contributed by atoms with Gasteiger partial charge >= 0.3 is 12.1 Å². The molecule has 0 aromatic carbocycles. The normalized spacial score (nSPS) is 27.1. The lowest BCUT2D eigenvalue weighted by atomic mass is 9.99. The minimum absolute atomic E-state index is 0.318. The summed E-state index contributed by atoms with van der Waals surface area (Å²) in [5, 5.41) is 7.12. The second-order valence-corrected chi connectivity index (χ2v) is 7.85. The summed E-state index contributed by atoms with van der Waals surface area (Å²) in [7, 11) is 0. The molecule has 1 N–H and O–H groups in total. The van der Waals surface area contributed by atoms with Crippen LogP contribution < -0.4 is 0 Å². The van der Waals surface area contributed by atoms with E-state index in [1.807, 2.05) is 18.5 Å². The molecule has 162 valence electrons. The van der Waals surface area contributed by atoms with E-state index >= 15 is 0 Å². The van der Waals surface area contributed by atoms with E-state index in [0.717, 1.165) is 45.1 Å². The van der Waals surface area contributed by atoms with Crippen molar-refractivity contribution in [2.24, 2.45) is 5.92 Å². The SMILES string of the molecule is O=C(O)C(F)(F)F.c1cncc(CN2CC[C@H]3O[C@@H](COCC4CC4)CC[C@H]32)c1. The lowest BCUT2D eigenvalue weighted by molar-refractivity contribution is -0.192. The second-order valence-electron chi connectivity index (χ2n) is 7.85. The number of hydrogen-bond donors (Lipinski definition) is 1. The Labute approximate surface area is 168 Å². The molecular weight excluding hydrogens is 389 g/mol. The van der Waals surface area contributed by atoms with Crippen LogP contribution in [0.15, 0.2) is 24.5 Å². The van der Waals surface area contributed by atoms with Crippen LogP contribution in [-0.4, -0.2) is 65.1 Å². The number of fused-ring (bicyclic) bond motifs is 1. The number of halogens is 3. The van der Waals surface area contributed by atoms with Gasteiger partial charge in [0.15, 0.2) is 0 Å². The highest BCUT2D eigenvalue weighted by molar-refractivity contribution is 5.73. The van der Waals surface area contributed by atoms with Crippen molar-refractivity contribution in [3.05, 3.63) is 30.1 Å². The second kappa shape index (κ2) is 9.86. The molecule has 29 heavy (non-hydrogen) atoms. The Balaban J connectivity index is 0.000000298. The van der Waals surface area contributed by atoms with Crippen molar-refractivity contribution in [2.45, 2.75) is 63.1 Å². The molecule has 0 radical (unpaired) electrons. The number of ether oxygens (including phenoxy) is 2. The molecule has 1 aromatic rings. The molecule has 1 aromatic heterocycles. The number of carboxylic acids is 1. The molecule has 0 amide bonds. The number of aromatic nitrogens is 1. The smallest absolute Gasteiger partial charge is 0.475 e. The largest absolute Gasteiger partial charge is 0.490 e. The van der Waals surface area contributed by atoms with Crippen molar-refractivity contribution < 1.29 is 32.5 Å². The van der Waals surface area contributed by atoms with Crippen LogP contribution in [0.3, 0.4) is 0 Å². The summed E-state index contributed by atoms with van der Waals surface area (Å²) in [6.45, 7) is 3.88. The summed E-state index contributed by atoms with van der Waals surface area (Å²) in [4.78, 5) is 15.7. The van der Waals surface area contributed by atoms with E-state index in [2.05, 4.69) is 16.0 Å². The van der Waals surface area contributed by atoms with Gasteiger partial charge in [-0.25, -0.2) is 4.79 Å². The van der Waals surface area contributed by atoms with E-state index < -0.39 is 12.1 Å². The Morgan fingerprint density at radius 1 is 1.24 bits per heavy atom. The molecule has 0 bridgehead atoms. The zero-order valence-electron chi connectivity index (χ0n) is 16.2. The third-order valence-corrected chi connectivity index (χ3v) is 5.46. The summed E-state index contributed by atoms with van der Waals surface area (Å²) < 4.78 is 43.9. The topological polar surface area (TPSA) is 71.9 Å². The van der Waals surface area contributed by atoms with Gasteiger partial charge in [-0.15, -0.1) is 0 Å². The molecule has 9 heteroatoms. The van der Waals surface area contributed by atoms with Crippen LogP contribution in [0.4, 0.5) is 13.2 Å². The average molecular weight is 416 g/mol. The van der Waals surface area contributed by atoms with Crippen LogP contribution in [-0.2, 0) is 20.8 Å². The van der Waals surface area contributed by atoms with Crippen LogP contribution in [0.1, 0.15) is 37.7 Å². The number of hydrogen-bond acceptors (Lipinski definition) is 5. The zero-order chi connectivity index (χ0) is 20.9. The number of carboxylic acid groups (broad SMARTS) is 1. The van der Waals surface area contributed by atoms with E-state index in [1.54, 1.807) is 0 Å². The number of aliphatic carboxylic acids is 1. The summed E-state index contributed by atoms with van der Waals surface area (Å²) in [5.41, 5.74) is 1.30. The van der Waals surface area contributed by atoms with Crippen molar-refractivity contribution in [1.29, 1.82) is 0 Å². The fourth-order valence-electron chi connectivity index (χ4n) is 3.78. The van der Waals surface area contributed by atoms with Crippen LogP contribution in [0.5, 0.6) is 0 Å². The number of rotatable bonds is 6. The fraction of sp³-hybridized carbons (Fsp3) is 0.700. The standard InChI is InChI=1S/C18H26N2O2.C2HF3O2/c1-2-15(10-19-8-1)11-20-9-7-18-17(20)6-5-16(22-18)13-21-12-14-3-4-14;3-2(4,5)1(6)7/h1-2,8,10,14,16-18H,3-7,9,11-13H2;(H,6,7)/t16-,17-,18-;/m1./s1.